The average Bonchev–Trinajstić information content (AvgIpc) is 2.35. The molecule has 0 saturated heterocycles. The molecule has 0 aliphatic carbocycles. The Balaban J connectivity index is 2.61. The van der Waals surface area contributed by atoms with Crippen LogP contribution in [0.5, 0.6) is 17.2 Å². The quantitative estimate of drug-likeness (QED) is 0.834. The van der Waals surface area contributed by atoms with E-state index in [4.69, 9.17) is 14.2 Å². The molecule has 1 heterocycles. The van der Waals surface area contributed by atoms with E-state index in [0.717, 1.165) is 5.56 Å². The van der Waals surface area contributed by atoms with Crippen LogP contribution >= 0.6 is 0 Å². The maximum absolute atomic E-state index is 11.2. The number of hydrogen-bond donors (Lipinski definition) is 2. The van der Waals surface area contributed by atoms with Gasteiger partial charge in [-0.3, -0.25) is 0 Å². The smallest absolute Gasteiger partial charge is 0.319 e. The Morgan fingerprint density at radius 1 is 1.12 bits per heavy atom. The number of hydrogen-bond acceptors (Lipinski definition) is 4. The van der Waals surface area contributed by atoms with Gasteiger partial charge in [0.05, 0.1) is 33.6 Å². The number of carbonyl (C=O) groups is 1. The first-order chi connectivity index (χ1) is 8.21. The van der Waals surface area contributed by atoms with Gasteiger partial charge < -0.3 is 24.8 Å². The van der Waals surface area contributed by atoms with Crippen molar-refractivity contribution in [2.75, 3.05) is 26.6 Å². The van der Waals surface area contributed by atoms with E-state index in [9.17, 15) is 4.79 Å². The number of fused-ring (bicyclic) bond motifs is 1. The molecule has 1 aliphatic rings. The van der Waals surface area contributed by atoms with E-state index in [1.165, 1.54) is 7.11 Å². The monoisotopic (exact) mass is 238 g/mol. The van der Waals surface area contributed by atoms with Gasteiger partial charge in [-0.25, -0.2) is 4.79 Å². The minimum atomic E-state index is -0.244. The third-order valence-corrected chi connectivity index (χ3v) is 2.61. The summed E-state index contributed by atoms with van der Waals surface area (Å²) in [5.41, 5.74) is 1.51. The van der Waals surface area contributed by atoms with Crippen molar-refractivity contribution in [2.45, 2.75) is 6.54 Å². The van der Waals surface area contributed by atoms with Crippen LogP contribution in [0.15, 0.2) is 6.07 Å². The topological polar surface area (TPSA) is 68.8 Å². The fraction of sp³-hybridized carbons (Fsp3) is 0.364. The standard InChI is InChI=1S/C11H14N2O4/c1-15-8-4-7-6(5-12-11(14)13-7)9(16-2)10(8)17-3/h4H,5H2,1-3H3,(H2,12,13,14). The lowest BCUT2D eigenvalue weighted by atomic mass is 10.1. The molecule has 2 rings (SSSR count). The van der Waals surface area contributed by atoms with Gasteiger partial charge in [0.25, 0.3) is 0 Å². The molecule has 2 N–H and O–H groups in total. The van der Waals surface area contributed by atoms with Gasteiger partial charge >= 0.3 is 6.03 Å². The number of carbonyl (C=O) groups excluding carboxylic acids is 1. The molecule has 6 heteroatoms. The van der Waals surface area contributed by atoms with E-state index >= 15 is 0 Å². The third kappa shape index (κ3) is 1.82. The van der Waals surface area contributed by atoms with E-state index in [1.54, 1.807) is 20.3 Å². The van der Waals surface area contributed by atoms with Gasteiger partial charge in [-0.05, 0) is 0 Å². The molecule has 1 aliphatic heterocycles. The summed E-state index contributed by atoms with van der Waals surface area (Å²) in [6.45, 7) is 0.394. The van der Waals surface area contributed by atoms with Crippen molar-refractivity contribution in [3.63, 3.8) is 0 Å². The van der Waals surface area contributed by atoms with Crippen LogP contribution < -0.4 is 24.8 Å². The van der Waals surface area contributed by atoms with E-state index in [1.807, 2.05) is 0 Å². The normalized spacial score (nSPS) is 13.2. The molecule has 0 aromatic heterocycles. The molecule has 0 bridgehead atoms. The second kappa shape index (κ2) is 4.40. The van der Waals surface area contributed by atoms with Crippen LogP contribution in [0.1, 0.15) is 5.56 Å². The minimum Gasteiger partial charge on any atom is -0.493 e. The Morgan fingerprint density at radius 3 is 2.41 bits per heavy atom. The zero-order valence-corrected chi connectivity index (χ0v) is 9.92. The van der Waals surface area contributed by atoms with Crippen LogP contribution in [0.3, 0.4) is 0 Å². The van der Waals surface area contributed by atoms with Crippen LogP contribution in [0.4, 0.5) is 10.5 Å². The van der Waals surface area contributed by atoms with Gasteiger partial charge in [-0.1, -0.05) is 0 Å². The highest BCUT2D eigenvalue weighted by atomic mass is 16.5. The van der Waals surface area contributed by atoms with Crippen LogP contribution in [-0.4, -0.2) is 27.4 Å². The van der Waals surface area contributed by atoms with Crippen molar-refractivity contribution in [3.8, 4) is 17.2 Å². The second-order valence-corrected chi connectivity index (χ2v) is 3.48. The molecule has 92 valence electrons. The Labute approximate surface area is 98.9 Å². The van der Waals surface area contributed by atoms with Crippen molar-refractivity contribution in [1.82, 2.24) is 5.32 Å². The van der Waals surface area contributed by atoms with Crippen molar-refractivity contribution in [3.05, 3.63) is 11.6 Å². The summed E-state index contributed by atoms with van der Waals surface area (Å²) < 4.78 is 15.8. The number of benzene rings is 1. The molecule has 0 radical (unpaired) electrons. The minimum absolute atomic E-state index is 0.244. The first kappa shape index (κ1) is 11.4. The zero-order chi connectivity index (χ0) is 12.4. The van der Waals surface area contributed by atoms with E-state index in [-0.39, 0.29) is 6.03 Å². The number of amides is 2. The molecule has 2 amide bonds. The highest BCUT2D eigenvalue weighted by Crippen LogP contribution is 2.44. The molecule has 0 spiro atoms. The molecule has 17 heavy (non-hydrogen) atoms. The molecule has 0 atom stereocenters. The number of ether oxygens (including phenoxy) is 3. The van der Waals surface area contributed by atoms with Crippen molar-refractivity contribution in [2.24, 2.45) is 0 Å². The molecular weight excluding hydrogens is 224 g/mol. The zero-order valence-electron chi connectivity index (χ0n) is 9.92. The second-order valence-electron chi connectivity index (χ2n) is 3.48. The van der Waals surface area contributed by atoms with Gasteiger partial charge in [0, 0.05) is 11.6 Å². The summed E-state index contributed by atoms with van der Waals surface area (Å²) in [5.74, 6) is 1.60. The maximum Gasteiger partial charge on any atom is 0.319 e. The maximum atomic E-state index is 11.2. The van der Waals surface area contributed by atoms with Crippen molar-refractivity contribution >= 4 is 11.7 Å². The Morgan fingerprint density at radius 2 is 1.82 bits per heavy atom. The van der Waals surface area contributed by atoms with Crippen LogP contribution in [0, 0.1) is 0 Å². The Bertz CT molecular complexity index is 459. The summed E-state index contributed by atoms with van der Waals surface area (Å²) in [5, 5.41) is 5.37. The number of methoxy groups -OCH3 is 3. The first-order valence-corrected chi connectivity index (χ1v) is 5.08. The lowest BCUT2D eigenvalue weighted by Gasteiger charge is -2.23. The number of rotatable bonds is 3. The summed E-state index contributed by atoms with van der Waals surface area (Å²) in [4.78, 5) is 11.2. The molecule has 1 aromatic rings. The number of nitrogens with one attached hydrogen (secondary N) is 2. The Hall–Kier alpha value is -2.11. The number of anilines is 1. The summed E-state index contributed by atoms with van der Waals surface area (Å²) in [7, 11) is 4.63. The highest BCUT2D eigenvalue weighted by Gasteiger charge is 2.24. The van der Waals surface area contributed by atoms with Gasteiger partial charge in [0.2, 0.25) is 5.75 Å². The van der Waals surface area contributed by atoms with E-state index in [0.29, 0.717) is 29.5 Å². The summed E-state index contributed by atoms with van der Waals surface area (Å²) >= 11 is 0. The molecule has 0 unspecified atom stereocenters. The fourth-order valence-corrected chi connectivity index (χ4v) is 1.84. The van der Waals surface area contributed by atoms with Gasteiger partial charge in [-0.2, -0.15) is 0 Å². The third-order valence-electron chi connectivity index (χ3n) is 2.61. The predicted octanol–water partition coefficient (Wildman–Crippen LogP) is 1.35. The molecule has 1 aromatic carbocycles. The highest BCUT2D eigenvalue weighted by molar-refractivity contribution is 5.94. The van der Waals surface area contributed by atoms with Crippen molar-refractivity contribution < 1.29 is 19.0 Å². The Kier molecular flexibility index (Phi) is 2.95. The fourth-order valence-electron chi connectivity index (χ4n) is 1.84. The van der Waals surface area contributed by atoms with Crippen LogP contribution in [0.2, 0.25) is 0 Å². The molecular formula is C11H14N2O4. The molecule has 0 fully saturated rings. The largest absolute Gasteiger partial charge is 0.493 e. The SMILES string of the molecule is COc1cc2c(c(OC)c1OC)CNC(=O)N2. The predicted molar refractivity (Wildman–Crippen MR) is 62.0 cm³/mol. The summed E-state index contributed by atoms with van der Waals surface area (Å²) in [6.07, 6.45) is 0. The summed E-state index contributed by atoms with van der Waals surface area (Å²) in [6, 6.07) is 1.47. The van der Waals surface area contributed by atoms with Gasteiger partial charge in [0.15, 0.2) is 11.5 Å². The first-order valence-electron chi connectivity index (χ1n) is 5.08. The molecule has 6 nitrogen and oxygen atoms in total. The van der Waals surface area contributed by atoms with Gasteiger partial charge in [-0.15, -0.1) is 0 Å². The van der Waals surface area contributed by atoms with E-state index in [2.05, 4.69) is 10.6 Å². The molecule has 0 saturated carbocycles. The van der Waals surface area contributed by atoms with Gasteiger partial charge in [0.1, 0.15) is 0 Å². The van der Waals surface area contributed by atoms with Crippen LogP contribution in [0.25, 0.3) is 0 Å². The van der Waals surface area contributed by atoms with E-state index < -0.39 is 0 Å². The van der Waals surface area contributed by atoms with Crippen LogP contribution in [-0.2, 0) is 6.54 Å². The number of urea groups is 1. The van der Waals surface area contributed by atoms with Crippen molar-refractivity contribution in [1.29, 1.82) is 0 Å². The lowest BCUT2D eigenvalue weighted by molar-refractivity contribution is 0.250. The lowest BCUT2D eigenvalue weighted by Crippen LogP contribution is -2.33. The average molecular weight is 238 g/mol.